The maximum atomic E-state index is 11.2. The molecule has 0 saturated carbocycles. The van der Waals surface area contributed by atoms with Gasteiger partial charge in [-0.3, -0.25) is 4.55 Å². The molecule has 0 bridgehead atoms. The van der Waals surface area contributed by atoms with Gasteiger partial charge < -0.3 is 10.2 Å². The Kier molecular flexibility index (Phi) is 2.72. The van der Waals surface area contributed by atoms with Gasteiger partial charge in [-0.15, -0.1) is 0 Å². The number of rotatable bonds is 2. The van der Waals surface area contributed by atoms with E-state index in [4.69, 9.17) is 9.66 Å². The highest BCUT2D eigenvalue weighted by molar-refractivity contribution is 7.86. The fraction of sp³-hybridized carbons (Fsp3) is 0. The van der Waals surface area contributed by atoms with Crippen LogP contribution in [0.15, 0.2) is 35.2 Å². The van der Waals surface area contributed by atoms with Crippen molar-refractivity contribution >= 4 is 26.9 Å². The van der Waals surface area contributed by atoms with E-state index in [1.807, 2.05) is 0 Å². The van der Waals surface area contributed by atoms with E-state index in [-0.39, 0.29) is 10.9 Å². The molecule has 0 saturated heterocycles. The Morgan fingerprint density at radius 3 is 2.33 bits per heavy atom. The Morgan fingerprint density at radius 2 is 1.78 bits per heavy atom. The van der Waals surface area contributed by atoms with Crippen molar-refractivity contribution in [3.05, 3.63) is 35.9 Å². The molecule has 0 amide bonds. The number of hydrogen-bond acceptors (Lipinski definition) is 4. The second kappa shape index (κ2) is 3.97. The molecule has 0 heterocycles. The average molecular weight is 268 g/mol. The number of aromatic carboxylic acids is 1. The lowest BCUT2D eigenvalue weighted by Crippen LogP contribution is -2.01. The number of carboxylic acid groups (broad SMARTS) is 1. The van der Waals surface area contributed by atoms with Crippen molar-refractivity contribution < 1.29 is 28.0 Å². The molecule has 0 aliphatic rings. The van der Waals surface area contributed by atoms with Crippen molar-refractivity contribution in [2.45, 2.75) is 4.90 Å². The first-order valence-electron chi connectivity index (χ1n) is 4.77. The Hall–Kier alpha value is -2.12. The third-order valence-corrected chi connectivity index (χ3v) is 3.40. The minimum Gasteiger partial charge on any atom is -0.506 e. The SMILES string of the molecule is O=C(O)c1ccc2c(S(=O)(=O)O)c(O)ccc2c1. The fourth-order valence-corrected chi connectivity index (χ4v) is 2.49. The Bertz CT molecular complexity index is 747. The van der Waals surface area contributed by atoms with E-state index >= 15 is 0 Å². The van der Waals surface area contributed by atoms with E-state index in [1.165, 1.54) is 24.3 Å². The first-order chi connectivity index (χ1) is 8.30. The van der Waals surface area contributed by atoms with Crippen molar-refractivity contribution in [1.82, 2.24) is 0 Å². The second-order valence-electron chi connectivity index (χ2n) is 3.63. The summed E-state index contributed by atoms with van der Waals surface area (Å²) < 4.78 is 31.4. The van der Waals surface area contributed by atoms with Gasteiger partial charge in [0.1, 0.15) is 10.6 Å². The van der Waals surface area contributed by atoms with Crippen molar-refractivity contribution in [2.75, 3.05) is 0 Å². The van der Waals surface area contributed by atoms with Gasteiger partial charge >= 0.3 is 5.97 Å². The molecule has 0 fully saturated rings. The van der Waals surface area contributed by atoms with E-state index in [0.717, 1.165) is 6.07 Å². The third-order valence-electron chi connectivity index (χ3n) is 2.45. The summed E-state index contributed by atoms with van der Waals surface area (Å²) in [4.78, 5) is 10.1. The monoisotopic (exact) mass is 268 g/mol. The van der Waals surface area contributed by atoms with E-state index < -0.39 is 26.7 Å². The molecular formula is C11H8O6S. The van der Waals surface area contributed by atoms with Gasteiger partial charge in [0.05, 0.1) is 5.56 Å². The lowest BCUT2D eigenvalue weighted by atomic mass is 10.1. The summed E-state index contributed by atoms with van der Waals surface area (Å²) in [6, 6.07) is 6.12. The van der Waals surface area contributed by atoms with E-state index in [1.54, 1.807) is 0 Å². The summed E-state index contributed by atoms with van der Waals surface area (Å²) >= 11 is 0. The molecule has 7 heteroatoms. The molecule has 0 spiro atoms. The van der Waals surface area contributed by atoms with Crippen molar-refractivity contribution in [1.29, 1.82) is 0 Å². The topological polar surface area (TPSA) is 112 Å². The van der Waals surface area contributed by atoms with Gasteiger partial charge in [-0.25, -0.2) is 4.79 Å². The number of benzene rings is 2. The molecule has 18 heavy (non-hydrogen) atoms. The van der Waals surface area contributed by atoms with Crippen LogP contribution in [0, 0.1) is 0 Å². The van der Waals surface area contributed by atoms with Crippen LogP contribution in [-0.4, -0.2) is 29.2 Å². The van der Waals surface area contributed by atoms with Gasteiger partial charge in [0.2, 0.25) is 0 Å². The Labute approximate surface area is 102 Å². The summed E-state index contributed by atoms with van der Waals surface area (Å²) in [7, 11) is -4.59. The van der Waals surface area contributed by atoms with Crippen LogP contribution in [0.5, 0.6) is 5.75 Å². The van der Waals surface area contributed by atoms with Crippen LogP contribution in [0.25, 0.3) is 10.8 Å². The van der Waals surface area contributed by atoms with Crippen LogP contribution < -0.4 is 0 Å². The van der Waals surface area contributed by atoms with Crippen molar-refractivity contribution in [2.24, 2.45) is 0 Å². The highest BCUT2D eigenvalue weighted by Gasteiger charge is 2.19. The van der Waals surface area contributed by atoms with Crippen LogP contribution >= 0.6 is 0 Å². The number of carboxylic acids is 1. The lowest BCUT2D eigenvalue weighted by Gasteiger charge is -2.06. The zero-order valence-corrected chi connectivity index (χ0v) is 9.68. The predicted molar refractivity (Wildman–Crippen MR) is 62.4 cm³/mol. The van der Waals surface area contributed by atoms with Crippen molar-refractivity contribution in [3.63, 3.8) is 0 Å². The average Bonchev–Trinajstić information content (AvgIpc) is 2.26. The molecule has 2 aromatic rings. The zero-order valence-electron chi connectivity index (χ0n) is 8.86. The summed E-state index contributed by atoms with van der Waals surface area (Å²) in [6.07, 6.45) is 0. The van der Waals surface area contributed by atoms with Crippen molar-refractivity contribution in [3.8, 4) is 5.75 Å². The summed E-state index contributed by atoms with van der Waals surface area (Å²) in [5.74, 6) is -1.74. The molecule has 0 aliphatic carbocycles. The molecule has 2 aromatic carbocycles. The van der Waals surface area contributed by atoms with Crippen LogP contribution in [0.1, 0.15) is 10.4 Å². The molecule has 0 atom stereocenters. The Morgan fingerprint density at radius 1 is 1.11 bits per heavy atom. The van der Waals surface area contributed by atoms with Crippen LogP contribution in [-0.2, 0) is 10.1 Å². The number of hydrogen-bond donors (Lipinski definition) is 3. The molecule has 2 rings (SSSR count). The molecule has 0 aromatic heterocycles. The minimum absolute atomic E-state index is 0.0190. The van der Waals surface area contributed by atoms with Crippen LogP contribution in [0.2, 0.25) is 0 Å². The Balaban J connectivity index is 2.88. The van der Waals surface area contributed by atoms with E-state index in [9.17, 15) is 18.3 Å². The summed E-state index contributed by atoms with van der Waals surface area (Å²) in [5.41, 5.74) is -0.0190. The minimum atomic E-state index is -4.59. The number of carbonyl (C=O) groups is 1. The van der Waals surface area contributed by atoms with E-state index in [2.05, 4.69) is 0 Å². The third kappa shape index (κ3) is 2.01. The number of phenolic OH excluding ortho intramolecular Hbond substituents is 1. The fourth-order valence-electron chi connectivity index (χ4n) is 1.69. The zero-order chi connectivity index (χ0) is 13.5. The van der Waals surface area contributed by atoms with Gasteiger partial charge in [0, 0.05) is 5.39 Å². The van der Waals surface area contributed by atoms with Gasteiger partial charge in [-0.05, 0) is 23.6 Å². The number of fused-ring (bicyclic) bond motifs is 1. The maximum absolute atomic E-state index is 11.2. The summed E-state index contributed by atoms with van der Waals surface area (Å²) in [5, 5.41) is 18.6. The number of aromatic hydroxyl groups is 1. The quantitative estimate of drug-likeness (QED) is 0.711. The first-order valence-corrected chi connectivity index (χ1v) is 6.21. The normalized spacial score (nSPS) is 11.6. The standard InChI is InChI=1S/C11H8O6S/c12-9-4-2-6-5-7(11(13)14)1-3-8(6)10(9)18(15,16)17/h1-5,12H,(H,13,14)(H,15,16,17). The maximum Gasteiger partial charge on any atom is 0.335 e. The highest BCUT2D eigenvalue weighted by atomic mass is 32.2. The van der Waals surface area contributed by atoms with Gasteiger partial charge in [0.15, 0.2) is 0 Å². The van der Waals surface area contributed by atoms with Gasteiger partial charge in [-0.2, -0.15) is 8.42 Å². The molecule has 3 N–H and O–H groups in total. The van der Waals surface area contributed by atoms with Gasteiger partial charge in [-0.1, -0.05) is 12.1 Å². The smallest absolute Gasteiger partial charge is 0.335 e. The molecule has 0 radical (unpaired) electrons. The lowest BCUT2D eigenvalue weighted by molar-refractivity contribution is 0.0697. The van der Waals surface area contributed by atoms with E-state index in [0.29, 0.717) is 5.39 Å². The van der Waals surface area contributed by atoms with Gasteiger partial charge in [0.25, 0.3) is 10.1 Å². The molecule has 94 valence electrons. The van der Waals surface area contributed by atoms with Crippen LogP contribution in [0.3, 0.4) is 0 Å². The molecular weight excluding hydrogens is 260 g/mol. The highest BCUT2D eigenvalue weighted by Crippen LogP contribution is 2.31. The molecule has 6 nitrogen and oxygen atoms in total. The largest absolute Gasteiger partial charge is 0.506 e. The summed E-state index contributed by atoms with van der Waals surface area (Å²) in [6.45, 7) is 0. The predicted octanol–water partition coefficient (Wildman–Crippen LogP) is 1.49. The first kappa shape index (κ1) is 12.3. The molecule has 0 aliphatic heterocycles. The molecule has 0 unspecified atom stereocenters. The van der Waals surface area contributed by atoms with Crippen LogP contribution in [0.4, 0.5) is 0 Å². The number of phenols is 1. The second-order valence-corrected chi connectivity index (χ2v) is 4.99.